The predicted octanol–water partition coefficient (Wildman–Crippen LogP) is 3.05. The molecule has 0 unspecified atom stereocenters. The van der Waals surface area contributed by atoms with Crippen molar-refractivity contribution < 1.29 is 14.6 Å². The van der Waals surface area contributed by atoms with Crippen LogP contribution in [-0.2, 0) is 5.60 Å². The van der Waals surface area contributed by atoms with Gasteiger partial charge in [-0.1, -0.05) is 24.3 Å². The Morgan fingerprint density at radius 2 is 1.40 bits per heavy atom. The number of carbonyl (C=O) groups excluding carboxylic acids is 1. The van der Waals surface area contributed by atoms with Gasteiger partial charge in [0.25, 0.3) is 0 Å². The first kappa shape index (κ1) is 15.2. The van der Waals surface area contributed by atoms with E-state index < -0.39 is 5.60 Å². The number of benzene rings is 3. The molecule has 0 bridgehead atoms. The van der Waals surface area contributed by atoms with E-state index in [4.69, 9.17) is 16.2 Å². The summed E-state index contributed by atoms with van der Waals surface area (Å²) in [5.74, 6) is 0.864. The zero-order valence-electron chi connectivity index (χ0n) is 13.3. The van der Waals surface area contributed by atoms with E-state index >= 15 is 0 Å². The lowest BCUT2D eigenvalue weighted by molar-refractivity contribution is 0.105. The van der Waals surface area contributed by atoms with Crippen LogP contribution in [-0.4, -0.2) is 11.4 Å². The summed E-state index contributed by atoms with van der Waals surface area (Å²) in [4.78, 5) is 11.6. The molecule has 3 aromatic rings. The maximum absolute atomic E-state index is 11.8. The van der Waals surface area contributed by atoms with Crippen molar-refractivity contribution in [2.45, 2.75) is 5.60 Å². The fraction of sp³-hybridized carbons (Fsp3) is 0.0500. The van der Waals surface area contributed by atoms with Crippen LogP contribution < -0.4 is 16.2 Å². The minimum absolute atomic E-state index is 0.400. The average Bonchev–Trinajstić information content (AvgIpc) is 2.61. The highest BCUT2D eigenvalue weighted by Crippen LogP contribution is 2.51. The summed E-state index contributed by atoms with van der Waals surface area (Å²) in [6.07, 6.45) is 0.733. The van der Waals surface area contributed by atoms with Gasteiger partial charge >= 0.3 is 0 Å². The number of aliphatic hydroxyl groups is 1. The maximum atomic E-state index is 11.8. The Kier molecular flexibility index (Phi) is 3.26. The first-order valence-electron chi connectivity index (χ1n) is 7.79. The normalized spacial score (nSPS) is 14.1. The summed E-state index contributed by atoms with van der Waals surface area (Å²) in [6, 6.07) is 17.0. The first-order chi connectivity index (χ1) is 12.0. The van der Waals surface area contributed by atoms with Gasteiger partial charge in [-0.25, -0.2) is 0 Å². The van der Waals surface area contributed by atoms with Gasteiger partial charge in [-0.2, -0.15) is 0 Å². The molecule has 0 radical (unpaired) electrons. The van der Waals surface area contributed by atoms with E-state index in [0.29, 0.717) is 45.1 Å². The Morgan fingerprint density at radius 1 is 0.840 bits per heavy atom. The summed E-state index contributed by atoms with van der Waals surface area (Å²) < 4.78 is 5.92. The lowest BCUT2D eigenvalue weighted by Gasteiger charge is -2.37. The van der Waals surface area contributed by atoms with Crippen molar-refractivity contribution >= 4 is 17.7 Å². The SMILES string of the molecule is Nc1ccc2c(c1)Oc1cc(N)ccc1C2(O)c1ccccc1C=O. The number of anilines is 2. The molecule has 5 N–H and O–H groups in total. The molecule has 1 heterocycles. The number of aldehydes is 1. The number of nitrogen functional groups attached to an aromatic ring is 2. The molecule has 0 atom stereocenters. The van der Waals surface area contributed by atoms with Gasteiger partial charge in [0, 0.05) is 45.8 Å². The molecule has 0 saturated carbocycles. The fourth-order valence-corrected chi connectivity index (χ4v) is 3.33. The zero-order chi connectivity index (χ0) is 17.6. The lowest BCUT2D eigenvalue weighted by Crippen LogP contribution is -2.33. The number of hydrogen-bond acceptors (Lipinski definition) is 5. The smallest absolute Gasteiger partial charge is 0.150 e. The second kappa shape index (κ2) is 5.36. The van der Waals surface area contributed by atoms with Crippen LogP contribution >= 0.6 is 0 Å². The molecule has 124 valence electrons. The third kappa shape index (κ3) is 2.17. The van der Waals surface area contributed by atoms with Crippen molar-refractivity contribution in [3.05, 3.63) is 82.9 Å². The number of nitrogens with two attached hydrogens (primary N) is 2. The molecule has 0 fully saturated rings. The Morgan fingerprint density at radius 3 is 1.96 bits per heavy atom. The molecule has 0 aliphatic carbocycles. The summed E-state index contributed by atoms with van der Waals surface area (Å²) in [5, 5.41) is 11.8. The minimum atomic E-state index is -1.55. The van der Waals surface area contributed by atoms with E-state index in [2.05, 4.69) is 0 Å². The molecule has 0 aromatic heterocycles. The molecule has 25 heavy (non-hydrogen) atoms. The standard InChI is InChI=1S/C20H16N2O3/c21-13-5-7-16-18(9-13)25-19-10-14(22)6-8-17(19)20(16,24)15-4-2-1-3-12(15)11-23/h1-11,24H,21-22H2. The van der Waals surface area contributed by atoms with Gasteiger partial charge in [-0.15, -0.1) is 0 Å². The highest BCUT2D eigenvalue weighted by molar-refractivity contribution is 5.80. The second-order valence-corrected chi connectivity index (χ2v) is 6.03. The van der Waals surface area contributed by atoms with Crippen molar-refractivity contribution in [3.8, 4) is 11.5 Å². The lowest BCUT2D eigenvalue weighted by atomic mass is 9.76. The van der Waals surface area contributed by atoms with Crippen LogP contribution in [0.1, 0.15) is 27.0 Å². The monoisotopic (exact) mass is 332 g/mol. The molecule has 3 aromatic carbocycles. The van der Waals surface area contributed by atoms with Crippen LogP contribution in [0.2, 0.25) is 0 Å². The summed E-state index contributed by atoms with van der Waals surface area (Å²) in [5.41, 5.74) is 13.1. The molecular weight excluding hydrogens is 316 g/mol. The maximum Gasteiger partial charge on any atom is 0.150 e. The van der Waals surface area contributed by atoms with Crippen molar-refractivity contribution in [2.24, 2.45) is 0 Å². The van der Waals surface area contributed by atoms with Gasteiger partial charge in [0.2, 0.25) is 0 Å². The largest absolute Gasteiger partial charge is 0.456 e. The van der Waals surface area contributed by atoms with E-state index in [0.717, 1.165) is 6.29 Å². The van der Waals surface area contributed by atoms with Crippen LogP contribution in [0.25, 0.3) is 0 Å². The fourth-order valence-electron chi connectivity index (χ4n) is 3.33. The van der Waals surface area contributed by atoms with E-state index in [1.807, 2.05) is 0 Å². The Balaban J connectivity index is 2.09. The summed E-state index contributed by atoms with van der Waals surface area (Å²) in [7, 11) is 0. The topological polar surface area (TPSA) is 98.6 Å². The second-order valence-electron chi connectivity index (χ2n) is 6.03. The van der Waals surface area contributed by atoms with E-state index in [-0.39, 0.29) is 0 Å². The molecule has 5 nitrogen and oxygen atoms in total. The molecule has 5 heteroatoms. The van der Waals surface area contributed by atoms with Crippen LogP contribution in [0.5, 0.6) is 11.5 Å². The van der Waals surface area contributed by atoms with Gasteiger partial charge in [-0.3, -0.25) is 4.79 Å². The van der Waals surface area contributed by atoms with Crippen LogP contribution in [0.15, 0.2) is 60.7 Å². The Labute approximate surface area is 144 Å². The van der Waals surface area contributed by atoms with Crippen LogP contribution in [0, 0.1) is 0 Å². The minimum Gasteiger partial charge on any atom is -0.456 e. The van der Waals surface area contributed by atoms with Gasteiger partial charge in [-0.05, 0) is 24.3 Å². The molecule has 4 rings (SSSR count). The quantitative estimate of drug-likeness (QED) is 0.495. The van der Waals surface area contributed by atoms with Crippen molar-refractivity contribution in [1.82, 2.24) is 0 Å². The highest BCUT2D eigenvalue weighted by atomic mass is 16.5. The Bertz CT molecular complexity index is 946. The molecule has 1 aliphatic rings. The predicted molar refractivity (Wildman–Crippen MR) is 95.7 cm³/mol. The molecule has 0 spiro atoms. The van der Waals surface area contributed by atoms with Crippen LogP contribution in [0.3, 0.4) is 0 Å². The summed E-state index contributed by atoms with van der Waals surface area (Å²) in [6.45, 7) is 0. The number of rotatable bonds is 2. The summed E-state index contributed by atoms with van der Waals surface area (Å²) >= 11 is 0. The molecular formula is C20H16N2O3. The zero-order valence-corrected chi connectivity index (χ0v) is 13.3. The van der Waals surface area contributed by atoms with Gasteiger partial charge in [0.05, 0.1) is 0 Å². The van der Waals surface area contributed by atoms with Gasteiger partial charge < -0.3 is 21.3 Å². The average molecular weight is 332 g/mol. The van der Waals surface area contributed by atoms with E-state index in [1.165, 1.54) is 0 Å². The molecule has 1 aliphatic heterocycles. The third-order valence-electron chi connectivity index (χ3n) is 4.49. The third-order valence-corrected chi connectivity index (χ3v) is 4.49. The van der Waals surface area contributed by atoms with Gasteiger partial charge in [0.1, 0.15) is 23.4 Å². The van der Waals surface area contributed by atoms with Crippen LogP contribution in [0.4, 0.5) is 11.4 Å². The van der Waals surface area contributed by atoms with Crippen molar-refractivity contribution in [3.63, 3.8) is 0 Å². The number of hydrogen-bond donors (Lipinski definition) is 3. The number of ether oxygens (including phenoxy) is 1. The van der Waals surface area contributed by atoms with Crippen molar-refractivity contribution in [2.75, 3.05) is 11.5 Å². The molecule has 0 amide bonds. The number of fused-ring (bicyclic) bond motifs is 2. The molecule has 0 saturated heterocycles. The first-order valence-corrected chi connectivity index (χ1v) is 7.79. The Hall–Kier alpha value is -3.31. The van der Waals surface area contributed by atoms with E-state index in [1.54, 1.807) is 60.7 Å². The highest BCUT2D eigenvalue weighted by Gasteiger charge is 2.43. The number of carbonyl (C=O) groups is 1. The van der Waals surface area contributed by atoms with Gasteiger partial charge in [0.15, 0.2) is 0 Å². The van der Waals surface area contributed by atoms with E-state index in [9.17, 15) is 9.90 Å². The van der Waals surface area contributed by atoms with Crippen molar-refractivity contribution in [1.29, 1.82) is 0 Å².